The molecule has 19 heavy (non-hydrogen) atoms. The van der Waals surface area contributed by atoms with E-state index in [0.29, 0.717) is 19.0 Å². The molecule has 5 heteroatoms. The summed E-state index contributed by atoms with van der Waals surface area (Å²) in [6.07, 6.45) is 1.72. The van der Waals surface area contributed by atoms with Crippen LogP contribution in [0.4, 0.5) is 0 Å². The lowest BCUT2D eigenvalue weighted by atomic mass is 9.73. The molecule has 2 aromatic rings. The quantitative estimate of drug-likeness (QED) is 0.874. The van der Waals surface area contributed by atoms with Crippen LogP contribution in [0, 0.1) is 0 Å². The molecular weight excluding hydrogens is 242 g/mol. The van der Waals surface area contributed by atoms with Crippen molar-refractivity contribution in [1.29, 1.82) is 0 Å². The van der Waals surface area contributed by atoms with Crippen LogP contribution in [0.25, 0.3) is 0 Å². The Kier molecular flexibility index (Phi) is 3.31. The van der Waals surface area contributed by atoms with Gasteiger partial charge in [0.2, 0.25) is 0 Å². The Labute approximate surface area is 111 Å². The molecule has 100 valence electrons. The first-order valence-electron chi connectivity index (χ1n) is 6.51. The summed E-state index contributed by atoms with van der Waals surface area (Å²) in [6, 6.07) is 10.3. The van der Waals surface area contributed by atoms with Crippen molar-refractivity contribution in [2.45, 2.75) is 24.9 Å². The molecule has 3 rings (SSSR count). The van der Waals surface area contributed by atoms with Crippen molar-refractivity contribution in [3.8, 4) is 0 Å². The van der Waals surface area contributed by atoms with Gasteiger partial charge < -0.3 is 9.84 Å². The number of rotatable bonds is 3. The van der Waals surface area contributed by atoms with Crippen molar-refractivity contribution in [3.05, 3.63) is 47.5 Å². The number of hydrogen-bond donors (Lipinski definition) is 2. The lowest BCUT2D eigenvalue weighted by Crippen LogP contribution is -2.36. The van der Waals surface area contributed by atoms with Crippen LogP contribution in [0.1, 0.15) is 30.1 Å². The zero-order valence-electron chi connectivity index (χ0n) is 10.7. The summed E-state index contributed by atoms with van der Waals surface area (Å²) in [4.78, 5) is 4.43. The van der Waals surface area contributed by atoms with E-state index in [1.807, 2.05) is 18.2 Å². The SMILES string of the molecule is OCc1nc(C2(c3ccccc3)CCOCC2)n[nH]1. The summed E-state index contributed by atoms with van der Waals surface area (Å²) in [5.74, 6) is 1.27. The fourth-order valence-corrected chi connectivity index (χ4v) is 2.70. The van der Waals surface area contributed by atoms with E-state index in [-0.39, 0.29) is 12.0 Å². The minimum Gasteiger partial charge on any atom is -0.388 e. The number of nitrogens with zero attached hydrogens (tertiary/aromatic N) is 2. The molecule has 5 nitrogen and oxygen atoms in total. The summed E-state index contributed by atoms with van der Waals surface area (Å²) >= 11 is 0. The molecule has 1 fully saturated rings. The maximum Gasteiger partial charge on any atom is 0.161 e. The van der Waals surface area contributed by atoms with Crippen molar-refractivity contribution < 1.29 is 9.84 Å². The van der Waals surface area contributed by atoms with Crippen LogP contribution in [0.15, 0.2) is 30.3 Å². The summed E-state index contributed by atoms with van der Waals surface area (Å²) < 4.78 is 5.49. The molecule has 0 radical (unpaired) electrons. The van der Waals surface area contributed by atoms with E-state index in [1.165, 1.54) is 5.56 Å². The van der Waals surface area contributed by atoms with Crippen LogP contribution in [-0.2, 0) is 16.8 Å². The molecule has 2 N–H and O–H groups in total. The highest BCUT2D eigenvalue weighted by atomic mass is 16.5. The van der Waals surface area contributed by atoms with Crippen LogP contribution in [0.3, 0.4) is 0 Å². The van der Waals surface area contributed by atoms with Gasteiger partial charge in [-0.25, -0.2) is 4.98 Å². The first kappa shape index (κ1) is 12.3. The summed E-state index contributed by atoms with van der Waals surface area (Å²) in [7, 11) is 0. The van der Waals surface area contributed by atoms with E-state index in [2.05, 4.69) is 27.3 Å². The lowest BCUT2D eigenvalue weighted by Gasteiger charge is -2.35. The number of aliphatic hydroxyl groups excluding tert-OH is 1. The van der Waals surface area contributed by atoms with Gasteiger partial charge in [0.1, 0.15) is 12.4 Å². The average Bonchev–Trinajstić information content (AvgIpc) is 2.98. The van der Waals surface area contributed by atoms with Gasteiger partial charge in [-0.15, -0.1) is 0 Å². The van der Waals surface area contributed by atoms with Crippen LogP contribution in [0.5, 0.6) is 0 Å². The number of aromatic amines is 1. The fraction of sp³-hybridized carbons (Fsp3) is 0.429. The Hall–Kier alpha value is -1.72. The van der Waals surface area contributed by atoms with Crippen LogP contribution in [-0.4, -0.2) is 33.5 Å². The predicted octanol–water partition coefficient (Wildman–Crippen LogP) is 1.39. The van der Waals surface area contributed by atoms with Crippen molar-refractivity contribution in [3.63, 3.8) is 0 Å². The second-order valence-corrected chi connectivity index (χ2v) is 4.82. The van der Waals surface area contributed by atoms with Gasteiger partial charge in [-0.1, -0.05) is 30.3 Å². The third-order valence-electron chi connectivity index (χ3n) is 3.78. The minimum atomic E-state index is -0.205. The largest absolute Gasteiger partial charge is 0.388 e. The third kappa shape index (κ3) is 2.15. The topological polar surface area (TPSA) is 71.0 Å². The lowest BCUT2D eigenvalue weighted by molar-refractivity contribution is 0.0605. The summed E-state index contributed by atoms with van der Waals surface area (Å²) in [5, 5.41) is 16.2. The molecule has 0 atom stereocenters. The molecule has 2 heterocycles. The second-order valence-electron chi connectivity index (χ2n) is 4.82. The van der Waals surface area contributed by atoms with Gasteiger partial charge in [0, 0.05) is 13.2 Å². The van der Waals surface area contributed by atoms with E-state index < -0.39 is 0 Å². The highest BCUT2D eigenvalue weighted by Crippen LogP contribution is 2.39. The maximum absolute atomic E-state index is 9.15. The zero-order chi connectivity index (χ0) is 13.1. The highest BCUT2D eigenvalue weighted by Gasteiger charge is 2.39. The Morgan fingerprint density at radius 2 is 1.95 bits per heavy atom. The van der Waals surface area contributed by atoms with Crippen molar-refractivity contribution in [1.82, 2.24) is 15.2 Å². The van der Waals surface area contributed by atoms with Gasteiger partial charge in [0.05, 0.1) is 5.41 Å². The van der Waals surface area contributed by atoms with E-state index >= 15 is 0 Å². The predicted molar refractivity (Wildman–Crippen MR) is 69.6 cm³/mol. The Morgan fingerprint density at radius 3 is 2.58 bits per heavy atom. The number of aliphatic hydroxyl groups is 1. The van der Waals surface area contributed by atoms with E-state index in [9.17, 15) is 0 Å². The van der Waals surface area contributed by atoms with Gasteiger partial charge in [0.25, 0.3) is 0 Å². The Balaban J connectivity index is 2.06. The van der Waals surface area contributed by atoms with E-state index in [4.69, 9.17) is 9.84 Å². The molecule has 1 aliphatic heterocycles. The zero-order valence-corrected chi connectivity index (χ0v) is 10.7. The fourth-order valence-electron chi connectivity index (χ4n) is 2.70. The number of ether oxygens (including phenoxy) is 1. The molecule has 0 unspecified atom stereocenters. The number of aromatic nitrogens is 3. The molecule has 0 bridgehead atoms. The first-order valence-corrected chi connectivity index (χ1v) is 6.51. The summed E-state index contributed by atoms with van der Waals surface area (Å²) in [6.45, 7) is 1.30. The Bertz CT molecular complexity index is 533. The molecule has 1 aromatic carbocycles. The monoisotopic (exact) mass is 259 g/mol. The van der Waals surface area contributed by atoms with Gasteiger partial charge >= 0.3 is 0 Å². The average molecular weight is 259 g/mol. The van der Waals surface area contributed by atoms with Crippen molar-refractivity contribution >= 4 is 0 Å². The standard InChI is InChI=1S/C14H17N3O2/c18-10-12-15-13(17-16-12)14(6-8-19-9-7-14)11-4-2-1-3-5-11/h1-5,18H,6-10H2,(H,15,16,17). The molecule has 1 saturated heterocycles. The molecule has 0 aliphatic carbocycles. The van der Waals surface area contributed by atoms with Gasteiger partial charge in [-0.2, -0.15) is 5.10 Å². The number of nitrogens with one attached hydrogen (secondary N) is 1. The highest BCUT2D eigenvalue weighted by molar-refractivity contribution is 5.33. The number of hydrogen-bond acceptors (Lipinski definition) is 4. The molecule has 0 amide bonds. The van der Waals surface area contributed by atoms with Gasteiger partial charge in [-0.3, -0.25) is 5.10 Å². The maximum atomic E-state index is 9.15. The van der Waals surface area contributed by atoms with Crippen LogP contribution in [0.2, 0.25) is 0 Å². The smallest absolute Gasteiger partial charge is 0.161 e. The minimum absolute atomic E-state index is 0.117. The van der Waals surface area contributed by atoms with Crippen molar-refractivity contribution in [2.75, 3.05) is 13.2 Å². The normalized spacial score (nSPS) is 18.4. The third-order valence-corrected chi connectivity index (χ3v) is 3.78. The van der Waals surface area contributed by atoms with Gasteiger partial charge in [0.15, 0.2) is 5.82 Å². The van der Waals surface area contributed by atoms with E-state index in [1.54, 1.807) is 0 Å². The molecule has 1 aromatic heterocycles. The van der Waals surface area contributed by atoms with Gasteiger partial charge in [-0.05, 0) is 18.4 Å². The molecule has 0 saturated carbocycles. The Morgan fingerprint density at radius 1 is 1.21 bits per heavy atom. The number of H-pyrrole nitrogens is 1. The second kappa shape index (κ2) is 5.11. The number of benzene rings is 1. The van der Waals surface area contributed by atoms with E-state index in [0.717, 1.165) is 18.7 Å². The van der Waals surface area contributed by atoms with Crippen LogP contribution < -0.4 is 0 Å². The first-order chi connectivity index (χ1) is 9.35. The van der Waals surface area contributed by atoms with Crippen LogP contribution >= 0.6 is 0 Å². The molecule has 0 spiro atoms. The molecule has 1 aliphatic rings. The molecular formula is C14H17N3O2. The summed E-state index contributed by atoms with van der Waals surface area (Å²) in [5.41, 5.74) is 1.01. The van der Waals surface area contributed by atoms with Crippen molar-refractivity contribution in [2.24, 2.45) is 0 Å².